The zero-order valence-electron chi connectivity index (χ0n) is 23.6. The van der Waals surface area contributed by atoms with Crippen LogP contribution in [0, 0.1) is 0 Å². The minimum Gasteiger partial charge on any atom is -0.490 e. The van der Waals surface area contributed by atoms with Crippen LogP contribution >= 0.6 is 11.6 Å². The first-order valence-electron chi connectivity index (χ1n) is 14.1. The van der Waals surface area contributed by atoms with Gasteiger partial charge in [0.25, 0.3) is 0 Å². The molecule has 0 spiro atoms. The highest BCUT2D eigenvalue weighted by atomic mass is 35.5. The molecule has 0 radical (unpaired) electrons. The fourth-order valence-corrected chi connectivity index (χ4v) is 4.98. The molecule has 0 unspecified atom stereocenters. The first kappa shape index (κ1) is 28.0. The van der Waals surface area contributed by atoms with E-state index in [0.29, 0.717) is 41.8 Å². The summed E-state index contributed by atoms with van der Waals surface area (Å²) in [5.74, 6) is 3.30. The average Bonchev–Trinajstić information content (AvgIpc) is 3.67. The first-order valence-corrected chi connectivity index (χ1v) is 14.4. The van der Waals surface area contributed by atoms with Crippen LogP contribution in [0.4, 0.5) is 17.8 Å². The Labute approximate surface area is 241 Å². The van der Waals surface area contributed by atoms with Crippen molar-refractivity contribution in [1.29, 1.82) is 0 Å². The molecule has 10 heteroatoms. The van der Waals surface area contributed by atoms with Crippen LogP contribution in [0.15, 0.2) is 47.6 Å². The summed E-state index contributed by atoms with van der Waals surface area (Å²) in [4.78, 5) is 18.5. The number of anilines is 3. The van der Waals surface area contributed by atoms with Gasteiger partial charge in [0, 0.05) is 36.8 Å². The quantitative estimate of drug-likeness (QED) is 0.184. The predicted molar refractivity (Wildman–Crippen MR) is 162 cm³/mol. The molecule has 2 saturated heterocycles. The van der Waals surface area contributed by atoms with Crippen LogP contribution in [0.1, 0.15) is 57.6 Å². The van der Waals surface area contributed by atoms with E-state index in [-0.39, 0.29) is 5.41 Å². The van der Waals surface area contributed by atoms with Crippen molar-refractivity contribution in [3.63, 3.8) is 0 Å². The minimum absolute atomic E-state index is 0.110. The molecule has 3 heterocycles. The van der Waals surface area contributed by atoms with E-state index in [0.717, 1.165) is 63.2 Å². The third-order valence-corrected chi connectivity index (χ3v) is 7.29. The Morgan fingerprint density at radius 3 is 2.05 bits per heavy atom. The zero-order chi connectivity index (χ0) is 28.0. The lowest BCUT2D eigenvalue weighted by Gasteiger charge is -2.20. The smallest absolute Gasteiger partial charge is 0.250 e. The van der Waals surface area contributed by atoms with E-state index in [1.807, 2.05) is 24.3 Å². The van der Waals surface area contributed by atoms with Crippen LogP contribution in [0.25, 0.3) is 0 Å². The molecule has 2 aromatic carbocycles. The molecule has 212 valence electrons. The monoisotopic (exact) mass is 563 g/mol. The van der Waals surface area contributed by atoms with Gasteiger partial charge in [0.15, 0.2) is 0 Å². The van der Waals surface area contributed by atoms with Gasteiger partial charge in [0.05, 0.1) is 6.21 Å². The van der Waals surface area contributed by atoms with E-state index in [9.17, 15) is 0 Å². The summed E-state index contributed by atoms with van der Waals surface area (Å²) in [6, 6.07) is 13.6. The molecule has 5 rings (SSSR count). The van der Waals surface area contributed by atoms with Gasteiger partial charge in [-0.25, -0.2) is 5.43 Å². The average molecular weight is 564 g/mol. The number of nitrogens with one attached hydrogen (secondary N) is 1. The second kappa shape index (κ2) is 12.7. The van der Waals surface area contributed by atoms with E-state index in [2.05, 4.69) is 63.2 Å². The number of hydrogen-bond acceptors (Lipinski definition) is 9. The summed E-state index contributed by atoms with van der Waals surface area (Å²) in [6.45, 7) is 11.2. The number of hydrogen-bond donors (Lipinski definition) is 1. The normalized spacial score (nSPS) is 15.7. The number of halogens is 1. The molecule has 2 aliphatic heterocycles. The third-order valence-electron chi connectivity index (χ3n) is 7.06. The Hall–Kier alpha value is -3.59. The Bertz CT molecular complexity index is 1260. The second-order valence-electron chi connectivity index (χ2n) is 11.2. The van der Waals surface area contributed by atoms with Crippen molar-refractivity contribution in [2.24, 2.45) is 5.10 Å². The van der Waals surface area contributed by atoms with E-state index in [4.69, 9.17) is 26.1 Å². The number of nitrogens with zero attached hydrogens (tertiary/aromatic N) is 6. The van der Waals surface area contributed by atoms with Crippen LogP contribution in [-0.2, 0) is 5.41 Å². The molecule has 0 atom stereocenters. The molecular formula is C30H38ClN7O2. The van der Waals surface area contributed by atoms with Crippen LogP contribution < -0.4 is 24.7 Å². The molecule has 1 N–H and O–H groups in total. The van der Waals surface area contributed by atoms with E-state index in [1.54, 1.807) is 12.3 Å². The highest BCUT2D eigenvalue weighted by molar-refractivity contribution is 6.30. The Morgan fingerprint density at radius 1 is 0.850 bits per heavy atom. The topological polar surface area (TPSA) is 88.0 Å². The zero-order valence-corrected chi connectivity index (χ0v) is 24.3. The number of aromatic nitrogens is 3. The number of ether oxygens (including phenoxy) is 2. The highest BCUT2D eigenvalue weighted by Gasteiger charge is 2.21. The molecule has 9 nitrogen and oxygen atoms in total. The van der Waals surface area contributed by atoms with Crippen LogP contribution in [0.3, 0.4) is 0 Å². The van der Waals surface area contributed by atoms with Gasteiger partial charge in [0.2, 0.25) is 17.8 Å². The Morgan fingerprint density at radius 2 is 1.45 bits per heavy atom. The molecule has 0 bridgehead atoms. The summed E-state index contributed by atoms with van der Waals surface area (Å²) < 4.78 is 11.9. The summed E-state index contributed by atoms with van der Waals surface area (Å²) in [5, 5.41) is 5.01. The van der Waals surface area contributed by atoms with E-state index in [1.165, 1.54) is 5.56 Å². The largest absolute Gasteiger partial charge is 0.490 e. The SMILES string of the molecule is CC(C)(C)c1ccc(OCCOc2ccc(Cl)cc2C=NNc2nc(N3CCCC3)nc(N3CCCC3)n2)cc1. The molecule has 0 saturated carbocycles. The van der Waals surface area contributed by atoms with Crippen molar-refractivity contribution < 1.29 is 9.47 Å². The second-order valence-corrected chi connectivity index (χ2v) is 11.6. The maximum atomic E-state index is 6.28. The fourth-order valence-electron chi connectivity index (χ4n) is 4.79. The van der Waals surface area contributed by atoms with Crippen molar-refractivity contribution in [1.82, 2.24) is 15.0 Å². The van der Waals surface area contributed by atoms with Gasteiger partial charge in [-0.1, -0.05) is 44.5 Å². The van der Waals surface area contributed by atoms with Crippen molar-refractivity contribution in [2.45, 2.75) is 51.9 Å². The lowest BCUT2D eigenvalue weighted by Crippen LogP contribution is -2.25. The fraction of sp³-hybridized carbons (Fsp3) is 0.467. The van der Waals surface area contributed by atoms with Crippen LogP contribution in [0.2, 0.25) is 5.02 Å². The first-order chi connectivity index (χ1) is 19.3. The van der Waals surface area contributed by atoms with Gasteiger partial charge in [-0.05, 0) is 67.0 Å². The van der Waals surface area contributed by atoms with Crippen LogP contribution in [-0.4, -0.2) is 60.6 Å². The third kappa shape index (κ3) is 7.33. The number of hydrazone groups is 1. The molecule has 3 aromatic rings. The molecule has 40 heavy (non-hydrogen) atoms. The summed E-state index contributed by atoms with van der Waals surface area (Å²) in [6.07, 6.45) is 6.27. The standard InChI is InChI=1S/C30H38ClN7O2/c1-30(2,3)23-8-11-25(12-9-23)39-18-19-40-26-13-10-24(31)20-22(26)21-32-36-27-33-28(37-14-4-5-15-37)35-29(34-27)38-16-6-7-17-38/h8-13,20-21H,4-7,14-19H2,1-3H3,(H,33,34,35,36). The summed E-state index contributed by atoms with van der Waals surface area (Å²) in [5.41, 5.74) is 5.12. The van der Waals surface area contributed by atoms with Gasteiger partial charge in [-0.2, -0.15) is 20.1 Å². The van der Waals surface area contributed by atoms with Crippen molar-refractivity contribution >= 4 is 35.7 Å². The maximum Gasteiger partial charge on any atom is 0.250 e. The van der Waals surface area contributed by atoms with Gasteiger partial charge in [-0.15, -0.1) is 0 Å². The Kier molecular flexibility index (Phi) is 8.89. The van der Waals surface area contributed by atoms with Crippen molar-refractivity contribution in [3.8, 4) is 11.5 Å². The highest BCUT2D eigenvalue weighted by Crippen LogP contribution is 2.26. The lowest BCUT2D eigenvalue weighted by atomic mass is 9.87. The maximum absolute atomic E-state index is 6.28. The number of rotatable bonds is 10. The molecule has 0 aliphatic carbocycles. The molecule has 0 amide bonds. The van der Waals surface area contributed by atoms with Crippen molar-refractivity contribution in [2.75, 3.05) is 54.6 Å². The Balaban J connectivity index is 1.21. The molecule has 2 aliphatic rings. The summed E-state index contributed by atoms with van der Waals surface area (Å²) in [7, 11) is 0. The van der Waals surface area contributed by atoms with E-state index >= 15 is 0 Å². The summed E-state index contributed by atoms with van der Waals surface area (Å²) >= 11 is 6.28. The van der Waals surface area contributed by atoms with Crippen LogP contribution in [0.5, 0.6) is 11.5 Å². The lowest BCUT2D eigenvalue weighted by molar-refractivity contribution is 0.217. The van der Waals surface area contributed by atoms with E-state index < -0.39 is 0 Å². The van der Waals surface area contributed by atoms with Crippen molar-refractivity contribution in [3.05, 3.63) is 58.6 Å². The van der Waals surface area contributed by atoms with Gasteiger partial charge in [0.1, 0.15) is 24.7 Å². The van der Waals surface area contributed by atoms with Gasteiger partial charge in [-0.3, -0.25) is 0 Å². The molecule has 1 aromatic heterocycles. The number of benzene rings is 2. The predicted octanol–water partition coefficient (Wildman–Crippen LogP) is 5.93. The molecule has 2 fully saturated rings. The molecular weight excluding hydrogens is 526 g/mol. The van der Waals surface area contributed by atoms with Gasteiger partial charge < -0.3 is 19.3 Å². The van der Waals surface area contributed by atoms with Gasteiger partial charge >= 0.3 is 0 Å². The minimum atomic E-state index is 0.110.